The van der Waals surface area contributed by atoms with Crippen molar-refractivity contribution in [3.8, 4) is 0 Å². The van der Waals surface area contributed by atoms with Gasteiger partial charge in [-0.25, -0.2) is 0 Å². The highest BCUT2D eigenvalue weighted by Gasteiger charge is 2.20. The predicted molar refractivity (Wildman–Crippen MR) is 56.5 cm³/mol. The summed E-state index contributed by atoms with van der Waals surface area (Å²) in [7, 11) is 0. The van der Waals surface area contributed by atoms with Crippen LogP contribution in [-0.2, 0) is 12.8 Å². The van der Waals surface area contributed by atoms with Crippen LogP contribution in [0.4, 0.5) is 0 Å². The molecule has 0 fully saturated rings. The van der Waals surface area contributed by atoms with Gasteiger partial charge in [0.2, 0.25) is 0 Å². The molecule has 2 atom stereocenters. The number of aryl methyl sites for hydroxylation is 2. The van der Waals surface area contributed by atoms with Crippen LogP contribution in [0.3, 0.4) is 0 Å². The molecule has 1 aromatic carbocycles. The van der Waals surface area contributed by atoms with Gasteiger partial charge in [-0.15, -0.1) is 0 Å². The maximum Gasteiger partial charge on any atom is 0.105 e. The molecular formula is C12H16O3. The lowest BCUT2D eigenvalue weighted by Gasteiger charge is -2.23. The minimum atomic E-state index is -0.886. The van der Waals surface area contributed by atoms with Crippen LogP contribution < -0.4 is 0 Å². The number of fused-ring (bicyclic) bond motifs is 1. The smallest absolute Gasteiger partial charge is 0.105 e. The molecule has 0 saturated carbocycles. The van der Waals surface area contributed by atoms with Gasteiger partial charge in [-0.2, -0.15) is 0 Å². The molecule has 3 heteroatoms. The minimum absolute atomic E-state index is 0.108. The van der Waals surface area contributed by atoms with Crippen molar-refractivity contribution in [3.63, 3.8) is 0 Å². The van der Waals surface area contributed by atoms with Crippen molar-refractivity contribution < 1.29 is 15.3 Å². The molecule has 2 rings (SSSR count). The molecule has 1 aromatic rings. The minimum Gasteiger partial charge on any atom is -0.396 e. The molecule has 0 heterocycles. The van der Waals surface area contributed by atoms with Crippen molar-refractivity contribution in [2.45, 2.75) is 31.5 Å². The van der Waals surface area contributed by atoms with Crippen LogP contribution in [0.15, 0.2) is 18.2 Å². The zero-order valence-corrected chi connectivity index (χ0v) is 8.56. The topological polar surface area (TPSA) is 60.7 Å². The summed E-state index contributed by atoms with van der Waals surface area (Å²) in [6.07, 6.45) is 0.617. The fourth-order valence-corrected chi connectivity index (χ4v) is 1.91. The third kappa shape index (κ3) is 2.04. The summed E-state index contributed by atoms with van der Waals surface area (Å²) in [6, 6.07) is 5.80. The van der Waals surface area contributed by atoms with Crippen LogP contribution in [0.2, 0.25) is 0 Å². The Morgan fingerprint density at radius 2 is 1.87 bits per heavy atom. The lowest BCUT2D eigenvalue weighted by molar-refractivity contribution is 0.00415. The number of rotatable bonds is 4. The molecule has 0 spiro atoms. The number of benzene rings is 1. The Balaban J connectivity index is 2.11. The number of aliphatic hydroxyl groups excluding tert-OH is 3. The predicted octanol–water partition coefficient (Wildman–Crippen LogP) is 0.562. The molecule has 0 bridgehead atoms. The van der Waals surface area contributed by atoms with Gasteiger partial charge in [0.25, 0.3) is 0 Å². The van der Waals surface area contributed by atoms with Crippen molar-refractivity contribution in [2.75, 3.05) is 6.61 Å². The van der Waals surface area contributed by atoms with Crippen molar-refractivity contribution in [3.05, 3.63) is 34.9 Å². The SMILES string of the molecule is OCCC(O)C(O)c1ccc2c(c1)CC2. The first kappa shape index (κ1) is 10.6. The van der Waals surface area contributed by atoms with E-state index < -0.39 is 12.2 Å². The summed E-state index contributed by atoms with van der Waals surface area (Å²) >= 11 is 0. The summed E-state index contributed by atoms with van der Waals surface area (Å²) < 4.78 is 0. The van der Waals surface area contributed by atoms with E-state index in [2.05, 4.69) is 0 Å². The average molecular weight is 208 g/mol. The molecule has 1 aliphatic rings. The van der Waals surface area contributed by atoms with Gasteiger partial charge in [-0.3, -0.25) is 0 Å². The summed E-state index contributed by atoms with van der Waals surface area (Å²) in [5.41, 5.74) is 3.35. The average Bonchev–Trinajstić information content (AvgIpc) is 2.19. The first-order chi connectivity index (χ1) is 7.22. The first-order valence-corrected chi connectivity index (χ1v) is 5.31. The summed E-state index contributed by atoms with van der Waals surface area (Å²) in [5.74, 6) is 0. The van der Waals surface area contributed by atoms with Gasteiger partial charge in [-0.1, -0.05) is 18.2 Å². The Morgan fingerprint density at radius 3 is 2.40 bits per heavy atom. The molecular weight excluding hydrogens is 192 g/mol. The van der Waals surface area contributed by atoms with Crippen LogP contribution >= 0.6 is 0 Å². The van der Waals surface area contributed by atoms with Crippen LogP contribution in [-0.4, -0.2) is 28.0 Å². The van der Waals surface area contributed by atoms with E-state index in [-0.39, 0.29) is 13.0 Å². The van der Waals surface area contributed by atoms with Gasteiger partial charge in [-0.05, 0) is 36.0 Å². The van der Waals surface area contributed by atoms with Gasteiger partial charge >= 0.3 is 0 Å². The molecule has 0 aromatic heterocycles. The number of hydrogen-bond donors (Lipinski definition) is 3. The van der Waals surface area contributed by atoms with Gasteiger partial charge < -0.3 is 15.3 Å². The second kappa shape index (κ2) is 4.31. The Bertz CT molecular complexity index is 349. The van der Waals surface area contributed by atoms with Gasteiger partial charge in [0.05, 0.1) is 6.10 Å². The van der Waals surface area contributed by atoms with E-state index in [1.807, 2.05) is 18.2 Å². The van der Waals surface area contributed by atoms with E-state index in [1.165, 1.54) is 11.1 Å². The molecule has 3 nitrogen and oxygen atoms in total. The van der Waals surface area contributed by atoms with Crippen LogP contribution in [0.5, 0.6) is 0 Å². The third-order valence-corrected chi connectivity index (χ3v) is 3.02. The fourth-order valence-electron chi connectivity index (χ4n) is 1.91. The van der Waals surface area contributed by atoms with E-state index in [0.717, 1.165) is 18.4 Å². The number of hydrogen-bond acceptors (Lipinski definition) is 3. The monoisotopic (exact) mass is 208 g/mol. The zero-order valence-electron chi connectivity index (χ0n) is 8.56. The molecule has 82 valence electrons. The lowest BCUT2D eigenvalue weighted by Crippen LogP contribution is -2.20. The van der Waals surface area contributed by atoms with Crippen molar-refractivity contribution >= 4 is 0 Å². The quantitative estimate of drug-likeness (QED) is 0.677. The summed E-state index contributed by atoms with van der Waals surface area (Å²) in [5, 5.41) is 28.0. The first-order valence-electron chi connectivity index (χ1n) is 5.31. The molecule has 1 aliphatic carbocycles. The molecule has 0 radical (unpaired) electrons. The Labute approximate surface area is 89.0 Å². The zero-order chi connectivity index (χ0) is 10.8. The summed E-state index contributed by atoms with van der Waals surface area (Å²) in [4.78, 5) is 0. The van der Waals surface area contributed by atoms with Gasteiger partial charge in [0.15, 0.2) is 0 Å². The van der Waals surface area contributed by atoms with E-state index in [0.29, 0.717) is 0 Å². The maximum absolute atomic E-state index is 9.80. The molecule has 15 heavy (non-hydrogen) atoms. The highest BCUT2D eigenvalue weighted by molar-refractivity contribution is 5.39. The third-order valence-electron chi connectivity index (χ3n) is 3.02. The lowest BCUT2D eigenvalue weighted by atomic mass is 9.86. The molecule has 0 amide bonds. The molecule has 0 saturated heterocycles. The van der Waals surface area contributed by atoms with Crippen LogP contribution in [0, 0.1) is 0 Å². The number of aliphatic hydroxyl groups is 3. The van der Waals surface area contributed by atoms with Crippen molar-refractivity contribution in [1.29, 1.82) is 0 Å². The molecule has 0 aliphatic heterocycles. The Kier molecular flexibility index (Phi) is 3.05. The van der Waals surface area contributed by atoms with E-state index in [1.54, 1.807) is 0 Å². The Morgan fingerprint density at radius 1 is 1.13 bits per heavy atom. The van der Waals surface area contributed by atoms with E-state index in [9.17, 15) is 10.2 Å². The normalized spacial score (nSPS) is 17.8. The second-order valence-corrected chi connectivity index (χ2v) is 4.05. The second-order valence-electron chi connectivity index (χ2n) is 4.05. The largest absolute Gasteiger partial charge is 0.396 e. The summed E-state index contributed by atoms with van der Waals surface area (Å²) in [6.45, 7) is -0.108. The van der Waals surface area contributed by atoms with Gasteiger partial charge in [0, 0.05) is 6.61 Å². The highest BCUT2D eigenvalue weighted by Crippen LogP contribution is 2.27. The van der Waals surface area contributed by atoms with Crippen molar-refractivity contribution in [2.24, 2.45) is 0 Å². The van der Waals surface area contributed by atoms with Crippen LogP contribution in [0.25, 0.3) is 0 Å². The fraction of sp³-hybridized carbons (Fsp3) is 0.500. The van der Waals surface area contributed by atoms with E-state index >= 15 is 0 Å². The van der Waals surface area contributed by atoms with Gasteiger partial charge in [0.1, 0.15) is 6.10 Å². The van der Waals surface area contributed by atoms with Crippen molar-refractivity contribution in [1.82, 2.24) is 0 Å². The molecule has 2 unspecified atom stereocenters. The maximum atomic E-state index is 9.80. The standard InChI is InChI=1S/C12H16O3/c13-6-5-11(14)12(15)10-4-2-8-1-3-9(8)7-10/h2,4,7,11-15H,1,3,5-6H2. The Hall–Kier alpha value is -0.900. The molecule has 3 N–H and O–H groups in total. The highest BCUT2D eigenvalue weighted by atomic mass is 16.3. The van der Waals surface area contributed by atoms with Crippen LogP contribution in [0.1, 0.15) is 29.2 Å². The van der Waals surface area contributed by atoms with E-state index in [4.69, 9.17) is 5.11 Å².